The van der Waals surface area contributed by atoms with E-state index in [1.54, 1.807) is 22.3 Å². The highest BCUT2D eigenvalue weighted by Crippen LogP contribution is 2.23. The average molecular weight is 404 g/mol. The van der Waals surface area contributed by atoms with E-state index in [-0.39, 0.29) is 23.8 Å². The molecule has 2 aromatic rings. The van der Waals surface area contributed by atoms with Crippen LogP contribution in [0.15, 0.2) is 39.8 Å². The van der Waals surface area contributed by atoms with Gasteiger partial charge in [0.05, 0.1) is 23.8 Å². The Labute approximate surface area is 170 Å². The number of piperidine rings is 1. The second-order valence-corrected chi connectivity index (χ2v) is 7.92. The minimum absolute atomic E-state index is 0.0390. The van der Waals surface area contributed by atoms with Crippen LogP contribution in [0.4, 0.5) is 0 Å². The molecule has 0 saturated carbocycles. The van der Waals surface area contributed by atoms with Gasteiger partial charge in [-0.2, -0.15) is 11.3 Å². The lowest BCUT2D eigenvalue weighted by Gasteiger charge is -2.33. The molecule has 2 amide bonds. The first kappa shape index (κ1) is 20.6. The van der Waals surface area contributed by atoms with Crippen LogP contribution in [0.1, 0.15) is 48.7 Å². The lowest BCUT2D eigenvalue weighted by Crippen LogP contribution is -2.47. The van der Waals surface area contributed by atoms with E-state index in [2.05, 4.69) is 40.9 Å². The van der Waals surface area contributed by atoms with Crippen molar-refractivity contribution < 1.29 is 14.0 Å². The zero-order valence-corrected chi connectivity index (χ0v) is 17.4. The second-order valence-electron chi connectivity index (χ2n) is 7.14. The Kier molecular flexibility index (Phi) is 7.28. The van der Waals surface area contributed by atoms with E-state index in [1.165, 1.54) is 18.1 Å². The molecule has 0 bridgehead atoms. The van der Waals surface area contributed by atoms with Gasteiger partial charge in [-0.05, 0) is 54.4 Å². The minimum Gasteiger partial charge on any atom is -0.472 e. The van der Waals surface area contributed by atoms with Crippen LogP contribution in [0.2, 0.25) is 0 Å². The predicted molar refractivity (Wildman–Crippen MR) is 110 cm³/mol. The van der Waals surface area contributed by atoms with Gasteiger partial charge in [-0.25, -0.2) is 0 Å². The molecular formula is C21H29N3O3S. The van der Waals surface area contributed by atoms with Crippen LogP contribution in [0.25, 0.3) is 0 Å². The maximum Gasteiger partial charge on any atom is 0.257 e. The molecule has 0 aliphatic carbocycles. The van der Waals surface area contributed by atoms with Crippen molar-refractivity contribution in [2.75, 3.05) is 32.7 Å². The molecule has 1 aliphatic heterocycles. The summed E-state index contributed by atoms with van der Waals surface area (Å²) in [6.45, 7) is 7.89. The van der Waals surface area contributed by atoms with Crippen LogP contribution >= 0.6 is 11.3 Å². The number of thiophene rings is 1. The number of hydrogen-bond acceptors (Lipinski definition) is 5. The van der Waals surface area contributed by atoms with Crippen molar-refractivity contribution in [2.45, 2.75) is 32.7 Å². The summed E-state index contributed by atoms with van der Waals surface area (Å²) >= 11 is 1.68. The zero-order valence-electron chi connectivity index (χ0n) is 16.6. The summed E-state index contributed by atoms with van der Waals surface area (Å²) in [5.41, 5.74) is 1.79. The SMILES string of the molecule is CCN(CC)[C@@H](CNC(=O)[C@H]1CCCN(C(=O)c2ccoc2)C1)c1ccsc1. The summed E-state index contributed by atoms with van der Waals surface area (Å²) in [7, 11) is 0. The van der Waals surface area contributed by atoms with Crippen molar-refractivity contribution in [3.05, 3.63) is 46.5 Å². The van der Waals surface area contributed by atoms with Crippen molar-refractivity contribution in [2.24, 2.45) is 5.92 Å². The Morgan fingerprint density at radius 3 is 2.82 bits per heavy atom. The molecule has 0 unspecified atom stereocenters. The molecule has 28 heavy (non-hydrogen) atoms. The maximum absolute atomic E-state index is 12.8. The standard InChI is InChI=1S/C21H29N3O3S/c1-3-23(4-2)19(18-8-11-28-15-18)12-22-20(25)16-6-5-9-24(13-16)21(26)17-7-10-27-14-17/h7-8,10-11,14-16,19H,3-6,9,12-13H2,1-2H3,(H,22,25)/t16-,19-/m0/s1. The lowest BCUT2D eigenvalue weighted by molar-refractivity contribution is -0.126. The quantitative estimate of drug-likeness (QED) is 0.734. The van der Waals surface area contributed by atoms with Gasteiger partial charge in [0.15, 0.2) is 0 Å². The third kappa shape index (κ3) is 4.83. The zero-order chi connectivity index (χ0) is 19.9. The van der Waals surface area contributed by atoms with Gasteiger partial charge < -0.3 is 14.6 Å². The van der Waals surface area contributed by atoms with Crippen LogP contribution in [0.5, 0.6) is 0 Å². The molecule has 1 fully saturated rings. The van der Waals surface area contributed by atoms with E-state index >= 15 is 0 Å². The Morgan fingerprint density at radius 1 is 1.36 bits per heavy atom. The highest BCUT2D eigenvalue weighted by molar-refractivity contribution is 7.07. The monoisotopic (exact) mass is 403 g/mol. The van der Waals surface area contributed by atoms with Crippen LogP contribution < -0.4 is 5.32 Å². The molecule has 7 heteroatoms. The lowest BCUT2D eigenvalue weighted by atomic mass is 9.96. The Morgan fingerprint density at radius 2 is 2.18 bits per heavy atom. The van der Waals surface area contributed by atoms with E-state index in [0.717, 1.165) is 25.9 Å². The van der Waals surface area contributed by atoms with Crippen molar-refractivity contribution in [1.29, 1.82) is 0 Å². The summed E-state index contributed by atoms with van der Waals surface area (Å²) in [6, 6.07) is 3.98. The molecule has 1 saturated heterocycles. The van der Waals surface area contributed by atoms with Crippen molar-refractivity contribution in [1.82, 2.24) is 15.1 Å². The summed E-state index contributed by atoms with van der Waals surface area (Å²) in [5, 5.41) is 7.38. The van der Waals surface area contributed by atoms with E-state index < -0.39 is 0 Å². The fraction of sp³-hybridized carbons (Fsp3) is 0.524. The molecule has 0 spiro atoms. The summed E-state index contributed by atoms with van der Waals surface area (Å²) in [4.78, 5) is 29.5. The highest BCUT2D eigenvalue weighted by Gasteiger charge is 2.30. The highest BCUT2D eigenvalue weighted by atomic mass is 32.1. The molecule has 0 radical (unpaired) electrons. The van der Waals surface area contributed by atoms with E-state index in [4.69, 9.17) is 4.42 Å². The normalized spacial score (nSPS) is 18.2. The smallest absolute Gasteiger partial charge is 0.257 e. The first-order valence-electron chi connectivity index (χ1n) is 9.99. The molecular weight excluding hydrogens is 374 g/mol. The number of nitrogens with zero attached hydrogens (tertiary/aromatic N) is 2. The number of carbonyl (C=O) groups excluding carboxylic acids is 2. The van der Waals surface area contributed by atoms with Gasteiger partial charge in [-0.1, -0.05) is 13.8 Å². The number of rotatable bonds is 8. The van der Waals surface area contributed by atoms with Crippen LogP contribution in [0, 0.1) is 5.92 Å². The summed E-state index contributed by atoms with van der Waals surface area (Å²) < 4.78 is 5.01. The molecule has 1 N–H and O–H groups in total. The van der Waals surface area contributed by atoms with E-state index in [0.29, 0.717) is 25.2 Å². The molecule has 0 aromatic carbocycles. The number of likely N-dealkylation sites (tertiary alicyclic amines) is 1. The summed E-state index contributed by atoms with van der Waals surface area (Å²) in [5.74, 6) is -0.188. The number of hydrogen-bond donors (Lipinski definition) is 1. The first-order chi connectivity index (χ1) is 13.6. The van der Waals surface area contributed by atoms with Crippen LogP contribution in [0.3, 0.4) is 0 Å². The van der Waals surface area contributed by atoms with Crippen molar-refractivity contribution in [3.8, 4) is 0 Å². The van der Waals surface area contributed by atoms with Crippen molar-refractivity contribution in [3.63, 3.8) is 0 Å². The summed E-state index contributed by atoms with van der Waals surface area (Å²) in [6.07, 6.45) is 4.61. The number of furan rings is 1. The van der Waals surface area contributed by atoms with Gasteiger partial charge in [0.25, 0.3) is 5.91 Å². The molecule has 2 aromatic heterocycles. The molecule has 1 aliphatic rings. The third-order valence-corrected chi connectivity index (χ3v) is 6.20. The van der Waals surface area contributed by atoms with Gasteiger partial charge >= 0.3 is 0 Å². The average Bonchev–Trinajstić information content (AvgIpc) is 3.44. The topological polar surface area (TPSA) is 65.8 Å². The number of likely N-dealkylation sites (N-methyl/N-ethyl adjacent to an activating group) is 1. The van der Waals surface area contributed by atoms with Gasteiger partial charge in [0.1, 0.15) is 6.26 Å². The van der Waals surface area contributed by atoms with Crippen LogP contribution in [-0.4, -0.2) is 54.3 Å². The fourth-order valence-electron chi connectivity index (χ4n) is 3.87. The number of amides is 2. The maximum atomic E-state index is 12.8. The van der Waals surface area contributed by atoms with Gasteiger partial charge in [-0.3, -0.25) is 14.5 Å². The molecule has 6 nitrogen and oxygen atoms in total. The van der Waals surface area contributed by atoms with Gasteiger partial charge in [0.2, 0.25) is 5.91 Å². The molecule has 3 heterocycles. The second kappa shape index (κ2) is 9.89. The Balaban J connectivity index is 1.59. The number of carbonyl (C=O) groups is 2. The van der Waals surface area contributed by atoms with Crippen molar-refractivity contribution >= 4 is 23.2 Å². The fourth-order valence-corrected chi connectivity index (χ4v) is 4.58. The van der Waals surface area contributed by atoms with E-state index in [9.17, 15) is 9.59 Å². The first-order valence-corrected chi connectivity index (χ1v) is 10.9. The van der Waals surface area contributed by atoms with Crippen LogP contribution in [-0.2, 0) is 4.79 Å². The molecule has 3 rings (SSSR count). The van der Waals surface area contributed by atoms with Gasteiger partial charge in [-0.15, -0.1) is 0 Å². The largest absolute Gasteiger partial charge is 0.472 e. The number of nitrogens with one attached hydrogen (secondary N) is 1. The molecule has 2 atom stereocenters. The molecule has 152 valence electrons. The third-order valence-electron chi connectivity index (χ3n) is 5.50. The Hall–Kier alpha value is -2.12. The Bertz CT molecular complexity index is 741. The van der Waals surface area contributed by atoms with E-state index in [1.807, 2.05) is 0 Å². The predicted octanol–water partition coefficient (Wildman–Crippen LogP) is 3.39. The van der Waals surface area contributed by atoms with Gasteiger partial charge in [0, 0.05) is 19.6 Å². The minimum atomic E-state index is -0.163.